The SMILES string of the molecule is O=C(CCC1CCCC1)N1CCN(Cc2ccc3ccccc3c2)CC1. The third-order valence-corrected chi connectivity index (χ3v) is 6.19. The van der Waals surface area contributed by atoms with E-state index in [9.17, 15) is 4.79 Å². The first-order valence-corrected chi connectivity index (χ1v) is 10.3. The fourth-order valence-corrected chi connectivity index (χ4v) is 4.54. The van der Waals surface area contributed by atoms with E-state index in [1.807, 2.05) is 0 Å². The average Bonchev–Trinajstić information content (AvgIpc) is 3.20. The molecule has 2 aliphatic rings. The normalized spacial score (nSPS) is 19.3. The molecule has 0 unspecified atom stereocenters. The van der Waals surface area contributed by atoms with Gasteiger partial charge in [0.15, 0.2) is 0 Å². The van der Waals surface area contributed by atoms with E-state index in [-0.39, 0.29) is 0 Å². The first-order chi connectivity index (χ1) is 12.8. The Kier molecular flexibility index (Phi) is 5.54. The second-order valence-corrected chi connectivity index (χ2v) is 8.03. The monoisotopic (exact) mass is 350 g/mol. The Balaban J connectivity index is 1.25. The first-order valence-electron chi connectivity index (χ1n) is 10.3. The van der Waals surface area contributed by atoms with Crippen LogP contribution in [0.15, 0.2) is 42.5 Å². The molecule has 138 valence electrons. The van der Waals surface area contributed by atoms with E-state index in [0.29, 0.717) is 5.91 Å². The molecule has 0 atom stereocenters. The zero-order valence-electron chi connectivity index (χ0n) is 15.7. The van der Waals surface area contributed by atoms with Crippen molar-refractivity contribution < 1.29 is 4.79 Å². The van der Waals surface area contributed by atoms with Gasteiger partial charge in [-0.3, -0.25) is 9.69 Å². The zero-order chi connectivity index (χ0) is 17.8. The lowest BCUT2D eigenvalue weighted by atomic mass is 10.0. The van der Waals surface area contributed by atoms with Crippen LogP contribution in [0.1, 0.15) is 44.1 Å². The summed E-state index contributed by atoms with van der Waals surface area (Å²) in [7, 11) is 0. The number of carbonyl (C=O) groups is 1. The van der Waals surface area contributed by atoms with E-state index in [0.717, 1.165) is 51.5 Å². The van der Waals surface area contributed by atoms with Crippen LogP contribution >= 0.6 is 0 Å². The van der Waals surface area contributed by atoms with Crippen LogP contribution in [-0.2, 0) is 11.3 Å². The minimum absolute atomic E-state index is 0.377. The number of hydrogen-bond acceptors (Lipinski definition) is 2. The highest BCUT2D eigenvalue weighted by molar-refractivity contribution is 5.83. The highest BCUT2D eigenvalue weighted by atomic mass is 16.2. The predicted molar refractivity (Wildman–Crippen MR) is 107 cm³/mol. The number of amides is 1. The number of nitrogens with zero attached hydrogens (tertiary/aromatic N) is 2. The quantitative estimate of drug-likeness (QED) is 0.795. The summed E-state index contributed by atoms with van der Waals surface area (Å²) in [6.45, 7) is 4.73. The maximum Gasteiger partial charge on any atom is 0.222 e. The molecule has 0 spiro atoms. The lowest BCUT2D eigenvalue weighted by molar-refractivity contribution is -0.133. The van der Waals surface area contributed by atoms with Crippen LogP contribution in [0.5, 0.6) is 0 Å². The second-order valence-electron chi connectivity index (χ2n) is 8.03. The van der Waals surface area contributed by atoms with Gasteiger partial charge in [0, 0.05) is 39.1 Å². The van der Waals surface area contributed by atoms with Gasteiger partial charge in [-0.25, -0.2) is 0 Å². The summed E-state index contributed by atoms with van der Waals surface area (Å²) in [6.07, 6.45) is 7.28. The van der Waals surface area contributed by atoms with Gasteiger partial charge < -0.3 is 4.90 Å². The molecular weight excluding hydrogens is 320 g/mol. The van der Waals surface area contributed by atoms with E-state index in [1.54, 1.807) is 0 Å². The molecule has 1 aliphatic carbocycles. The highest BCUT2D eigenvalue weighted by Gasteiger charge is 2.22. The molecule has 2 fully saturated rings. The maximum atomic E-state index is 12.5. The topological polar surface area (TPSA) is 23.6 Å². The Bertz CT molecular complexity index is 743. The fourth-order valence-electron chi connectivity index (χ4n) is 4.54. The Morgan fingerprint density at radius 3 is 2.42 bits per heavy atom. The van der Waals surface area contributed by atoms with Gasteiger partial charge >= 0.3 is 0 Å². The van der Waals surface area contributed by atoms with Crippen molar-refractivity contribution in [3.63, 3.8) is 0 Å². The second kappa shape index (κ2) is 8.22. The fraction of sp³-hybridized carbons (Fsp3) is 0.522. The molecule has 1 aliphatic heterocycles. The molecule has 3 nitrogen and oxygen atoms in total. The Hall–Kier alpha value is -1.87. The van der Waals surface area contributed by atoms with Gasteiger partial charge in [0.05, 0.1) is 0 Å². The van der Waals surface area contributed by atoms with Crippen LogP contribution in [0.25, 0.3) is 10.8 Å². The van der Waals surface area contributed by atoms with E-state index in [2.05, 4.69) is 52.3 Å². The lowest BCUT2D eigenvalue weighted by Gasteiger charge is -2.35. The lowest BCUT2D eigenvalue weighted by Crippen LogP contribution is -2.48. The molecular formula is C23H30N2O. The van der Waals surface area contributed by atoms with E-state index < -0.39 is 0 Å². The van der Waals surface area contributed by atoms with Gasteiger partial charge in [0.25, 0.3) is 0 Å². The van der Waals surface area contributed by atoms with Gasteiger partial charge in [0.2, 0.25) is 5.91 Å². The van der Waals surface area contributed by atoms with Crippen molar-refractivity contribution in [1.82, 2.24) is 9.80 Å². The summed E-state index contributed by atoms with van der Waals surface area (Å²) >= 11 is 0. The number of benzene rings is 2. The van der Waals surface area contributed by atoms with Crippen LogP contribution in [0.2, 0.25) is 0 Å². The van der Waals surface area contributed by atoms with Crippen molar-refractivity contribution in [2.45, 2.75) is 45.1 Å². The molecule has 1 heterocycles. The van der Waals surface area contributed by atoms with Crippen LogP contribution in [-0.4, -0.2) is 41.9 Å². The molecule has 3 heteroatoms. The first kappa shape index (κ1) is 17.5. The number of rotatable bonds is 5. The summed E-state index contributed by atoms with van der Waals surface area (Å²) in [5, 5.41) is 2.61. The van der Waals surface area contributed by atoms with E-state index >= 15 is 0 Å². The zero-order valence-corrected chi connectivity index (χ0v) is 15.7. The summed E-state index contributed by atoms with van der Waals surface area (Å²) in [6, 6.07) is 15.3. The van der Waals surface area contributed by atoms with Crippen molar-refractivity contribution in [3.8, 4) is 0 Å². The number of piperazine rings is 1. The van der Waals surface area contributed by atoms with Crippen molar-refractivity contribution in [2.24, 2.45) is 5.92 Å². The summed E-state index contributed by atoms with van der Waals surface area (Å²) in [5.41, 5.74) is 1.37. The molecule has 1 saturated heterocycles. The smallest absolute Gasteiger partial charge is 0.222 e. The van der Waals surface area contributed by atoms with Gasteiger partial charge in [0.1, 0.15) is 0 Å². The van der Waals surface area contributed by atoms with E-state index in [4.69, 9.17) is 0 Å². The van der Waals surface area contributed by atoms with E-state index in [1.165, 1.54) is 42.0 Å². The molecule has 0 bridgehead atoms. The van der Waals surface area contributed by atoms with Gasteiger partial charge in [-0.15, -0.1) is 0 Å². The Morgan fingerprint density at radius 1 is 0.923 bits per heavy atom. The maximum absolute atomic E-state index is 12.5. The third-order valence-electron chi connectivity index (χ3n) is 6.19. The standard InChI is InChI=1S/C23H30N2O/c26-23(12-10-19-5-1-2-6-19)25-15-13-24(14-16-25)18-20-9-11-21-7-3-4-8-22(21)17-20/h3-4,7-9,11,17,19H,1-2,5-6,10,12-16,18H2. The highest BCUT2D eigenvalue weighted by Crippen LogP contribution is 2.28. The van der Waals surface area contributed by atoms with Crippen LogP contribution in [0, 0.1) is 5.92 Å². The van der Waals surface area contributed by atoms with Crippen LogP contribution in [0.3, 0.4) is 0 Å². The minimum atomic E-state index is 0.377. The predicted octanol–water partition coefficient (Wildman–Crippen LogP) is 4.45. The molecule has 0 radical (unpaired) electrons. The molecule has 0 N–H and O–H groups in total. The van der Waals surface area contributed by atoms with Crippen molar-refractivity contribution in [2.75, 3.05) is 26.2 Å². The molecule has 2 aromatic rings. The number of carbonyl (C=O) groups excluding carboxylic acids is 1. The van der Waals surface area contributed by atoms with Gasteiger partial charge in [-0.1, -0.05) is 62.1 Å². The van der Waals surface area contributed by atoms with Crippen molar-refractivity contribution in [3.05, 3.63) is 48.0 Å². The molecule has 1 saturated carbocycles. The largest absolute Gasteiger partial charge is 0.340 e. The van der Waals surface area contributed by atoms with Crippen LogP contribution < -0.4 is 0 Å². The minimum Gasteiger partial charge on any atom is -0.340 e. The molecule has 26 heavy (non-hydrogen) atoms. The molecule has 0 aromatic heterocycles. The number of hydrogen-bond donors (Lipinski definition) is 0. The summed E-state index contributed by atoms with van der Waals surface area (Å²) < 4.78 is 0. The summed E-state index contributed by atoms with van der Waals surface area (Å²) in [5.74, 6) is 1.19. The average molecular weight is 351 g/mol. The van der Waals surface area contributed by atoms with Crippen molar-refractivity contribution in [1.29, 1.82) is 0 Å². The molecule has 1 amide bonds. The van der Waals surface area contributed by atoms with Gasteiger partial charge in [-0.2, -0.15) is 0 Å². The van der Waals surface area contributed by atoms with Crippen molar-refractivity contribution >= 4 is 16.7 Å². The van der Waals surface area contributed by atoms with Crippen LogP contribution in [0.4, 0.5) is 0 Å². The Labute approximate surface area is 157 Å². The molecule has 2 aromatic carbocycles. The summed E-state index contributed by atoms with van der Waals surface area (Å²) in [4.78, 5) is 17.0. The third kappa shape index (κ3) is 4.27. The number of fused-ring (bicyclic) bond motifs is 1. The van der Waals surface area contributed by atoms with Gasteiger partial charge in [-0.05, 0) is 34.7 Å². The molecule has 4 rings (SSSR count). The Morgan fingerprint density at radius 2 is 1.65 bits per heavy atom.